The smallest absolute Gasteiger partial charge is 0.191 e. The van der Waals surface area contributed by atoms with Crippen molar-refractivity contribution in [3.63, 3.8) is 0 Å². The number of nitrogens with one attached hydrogen (secondary N) is 2. The van der Waals surface area contributed by atoms with Crippen molar-refractivity contribution in [3.05, 3.63) is 47.0 Å². The molecule has 0 bridgehead atoms. The van der Waals surface area contributed by atoms with Crippen LogP contribution >= 0.6 is 24.0 Å². The molecule has 1 unspecified atom stereocenters. The maximum absolute atomic E-state index is 5.90. The maximum atomic E-state index is 5.90. The van der Waals surface area contributed by atoms with Crippen LogP contribution in [-0.4, -0.2) is 46.5 Å². The molecule has 0 aliphatic carbocycles. The minimum absolute atomic E-state index is 0. The Balaban J connectivity index is 0.00000363. The molecule has 1 aliphatic heterocycles. The average Bonchev–Trinajstić information content (AvgIpc) is 3.15. The van der Waals surface area contributed by atoms with Crippen molar-refractivity contribution < 1.29 is 18.9 Å². The highest BCUT2D eigenvalue weighted by atomic mass is 127. The van der Waals surface area contributed by atoms with Gasteiger partial charge in [-0.25, -0.2) is 4.99 Å². The van der Waals surface area contributed by atoms with Gasteiger partial charge in [-0.05, 0) is 50.1 Å². The van der Waals surface area contributed by atoms with Crippen LogP contribution in [0.4, 0.5) is 0 Å². The molecule has 2 aromatic carbocycles. The van der Waals surface area contributed by atoms with E-state index in [1.165, 1.54) is 5.56 Å². The zero-order valence-corrected chi connectivity index (χ0v) is 21.8. The second-order valence-corrected chi connectivity index (χ2v) is 7.47. The molecule has 1 atom stereocenters. The van der Waals surface area contributed by atoms with Crippen LogP contribution in [0.5, 0.6) is 23.0 Å². The topological polar surface area (TPSA) is 73.3 Å². The third kappa shape index (κ3) is 6.57. The van der Waals surface area contributed by atoms with Gasteiger partial charge < -0.3 is 29.6 Å². The molecule has 8 heteroatoms. The Kier molecular flexibility index (Phi) is 10.2. The molecule has 1 heterocycles. The van der Waals surface area contributed by atoms with Gasteiger partial charge >= 0.3 is 0 Å². The Morgan fingerprint density at radius 2 is 1.78 bits per heavy atom. The zero-order chi connectivity index (χ0) is 22.2. The summed E-state index contributed by atoms with van der Waals surface area (Å²) in [6.07, 6.45) is 1.95. The van der Waals surface area contributed by atoms with Crippen molar-refractivity contribution in [2.75, 3.05) is 34.4 Å². The third-order valence-electron chi connectivity index (χ3n) is 5.20. The second kappa shape index (κ2) is 12.6. The number of aliphatic imine (C=N–C) groups is 1. The molecule has 0 saturated heterocycles. The quantitative estimate of drug-likeness (QED) is 0.278. The van der Waals surface area contributed by atoms with Gasteiger partial charge in [0.05, 0.1) is 27.9 Å². The summed E-state index contributed by atoms with van der Waals surface area (Å²) in [6, 6.07) is 10.1. The van der Waals surface area contributed by atoms with Gasteiger partial charge in [0.1, 0.15) is 17.6 Å². The molecule has 2 aromatic rings. The third-order valence-corrected chi connectivity index (χ3v) is 5.20. The Hall–Kier alpha value is -2.36. The van der Waals surface area contributed by atoms with E-state index in [0.717, 1.165) is 66.0 Å². The van der Waals surface area contributed by atoms with E-state index < -0.39 is 0 Å². The summed E-state index contributed by atoms with van der Waals surface area (Å²) >= 11 is 0. The molecule has 176 valence electrons. The van der Waals surface area contributed by atoms with E-state index in [1.54, 1.807) is 21.3 Å². The second-order valence-electron chi connectivity index (χ2n) is 7.47. The van der Waals surface area contributed by atoms with Crippen molar-refractivity contribution in [2.45, 2.75) is 39.3 Å². The number of rotatable bonds is 9. The van der Waals surface area contributed by atoms with Gasteiger partial charge in [-0.2, -0.15) is 0 Å². The number of methoxy groups -OCH3 is 3. The fourth-order valence-corrected chi connectivity index (χ4v) is 3.66. The molecule has 32 heavy (non-hydrogen) atoms. The van der Waals surface area contributed by atoms with Crippen LogP contribution in [0.3, 0.4) is 0 Å². The first-order chi connectivity index (χ1) is 15.1. The van der Waals surface area contributed by atoms with Gasteiger partial charge in [0, 0.05) is 30.6 Å². The minimum Gasteiger partial charge on any atom is -0.496 e. The van der Waals surface area contributed by atoms with Crippen LogP contribution in [0, 0.1) is 0 Å². The van der Waals surface area contributed by atoms with Gasteiger partial charge in [0.25, 0.3) is 0 Å². The highest BCUT2D eigenvalue weighted by molar-refractivity contribution is 14.0. The van der Waals surface area contributed by atoms with Crippen LogP contribution in [0.15, 0.2) is 35.3 Å². The Morgan fingerprint density at radius 3 is 2.47 bits per heavy atom. The average molecular weight is 555 g/mol. The zero-order valence-electron chi connectivity index (χ0n) is 19.5. The van der Waals surface area contributed by atoms with Crippen molar-refractivity contribution in [1.82, 2.24) is 10.6 Å². The number of fused-ring (bicyclic) bond motifs is 1. The van der Waals surface area contributed by atoms with Crippen LogP contribution < -0.4 is 29.6 Å². The predicted molar refractivity (Wildman–Crippen MR) is 138 cm³/mol. The normalized spacial score (nSPS) is 14.7. The number of hydrogen-bond donors (Lipinski definition) is 2. The summed E-state index contributed by atoms with van der Waals surface area (Å²) in [4.78, 5) is 4.74. The van der Waals surface area contributed by atoms with E-state index in [-0.39, 0.29) is 30.1 Å². The number of nitrogens with zero attached hydrogens (tertiary/aromatic N) is 1. The Labute approximate surface area is 207 Å². The van der Waals surface area contributed by atoms with Crippen molar-refractivity contribution >= 4 is 29.9 Å². The van der Waals surface area contributed by atoms with Gasteiger partial charge in [-0.3, -0.25) is 0 Å². The Morgan fingerprint density at radius 1 is 1.03 bits per heavy atom. The number of halogens is 1. The summed E-state index contributed by atoms with van der Waals surface area (Å²) < 4.78 is 22.2. The van der Waals surface area contributed by atoms with Gasteiger partial charge in [0.15, 0.2) is 17.5 Å². The van der Waals surface area contributed by atoms with E-state index in [2.05, 4.69) is 30.5 Å². The number of ether oxygens (including phenoxy) is 4. The fourth-order valence-electron chi connectivity index (χ4n) is 3.66. The number of guanidine groups is 1. The molecule has 0 amide bonds. The van der Waals surface area contributed by atoms with E-state index in [4.69, 9.17) is 23.9 Å². The first kappa shape index (κ1) is 25.9. The highest BCUT2D eigenvalue weighted by Crippen LogP contribution is 2.35. The summed E-state index contributed by atoms with van der Waals surface area (Å²) in [5.41, 5.74) is 3.36. The molecular formula is C24H34IN3O4. The molecule has 0 saturated carbocycles. The van der Waals surface area contributed by atoms with Gasteiger partial charge in [-0.1, -0.05) is 6.07 Å². The van der Waals surface area contributed by atoms with Crippen molar-refractivity contribution in [3.8, 4) is 23.0 Å². The molecule has 7 nitrogen and oxygen atoms in total. The summed E-state index contributed by atoms with van der Waals surface area (Å²) in [6.45, 7) is 6.15. The first-order valence-electron chi connectivity index (χ1n) is 10.7. The first-order valence-corrected chi connectivity index (χ1v) is 10.7. The maximum Gasteiger partial charge on any atom is 0.191 e. The monoisotopic (exact) mass is 555 g/mol. The van der Waals surface area contributed by atoms with Crippen LogP contribution in [0.2, 0.25) is 0 Å². The molecule has 2 N–H and O–H groups in total. The molecule has 0 spiro atoms. The lowest BCUT2D eigenvalue weighted by Crippen LogP contribution is -2.38. The molecule has 1 aliphatic rings. The van der Waals surface area contributed by atoms with E-state index in [9.17, 15) is 0 Å². The van der Waals surface area contributed by atoms with Crippen molar-refractivity contribution in [1.29, 1.82) is 0 Å². The van der Waals surface area contributed by atoms with Crippen LogP contribution in [-0.2, 0) is 19.4 Å². The largest absolute Gasteiger partial charge is 0.496 e. The SMILES string of the molecule is CCNC(=NCc1cc2c(cc1OC)CC(C)O2)NCCc1ccc(OC)c(OC)c1.I. The number of hydrogen-bond acceptors (Lipinski definition) is 5. The van der Waals surface area contributed by atoms with Crippen LogP contribution in [0.25, 0.3) is 0 Å². The van der Waals surface area contributed by atoms with Gasteiger partial charge in [0.2, 0.25) is 0 Å². The van der Waals surface area contributed by atoms with E-state index in [0.29, 0.717) is 6.54 Å². The predicted octanol–water partition coefficient (Wildman–Crippen LogP) is 3.95. The van der Waals surface area contributed by atoms with Crippen molar-refractivity contribution in [2.24, 2.45) is 4.99 Å². The minimum atomic E-state index is 0. The summed E-state index contributed by atoms with van der Waals surface area (Å²) in [5, 5.41) is 6.70. The van der Waals surface area contributed by atoms with Crippen LogP contribution in [0.1, 0.15) is 30.5 Å². The number of benzene rings is 2. The molecular weight excluding hydrogens is 521 g/mol. The van der Waals surface area contributed by atoms with E-state index >= 15 is 0 Å². The fraction of sp³-hybridized carbons (Fsp3) is 0.458. The lowest BCUT2D eigenvalue weighted by molar-refractivity contribution is 0.254. The lowest BCUT2D eigenvalue weighted by atomic mass is 10.1. The Bertz CT molecular complexity index is 920. The summed E-state index contributed by atoms with van der Waals surface area (Å²) in [7, 11) is 4.98. The summed E-state index contributed by atoms with van der Waals surface area (Å²) in [5.74, 6) is 4.02. The molecule has 3 rings (SSSR count). The standard InChI is InChI=1S/C24H33N3O4.HI/c1-6-25-24(26-10-9-17-7-8-20(28-3)23(12-17)30-5)27-15-19-14-22-18(11-16(2)31-22)13-21(19)29-4;/h7-8,12-14,16H,6,9-11,15H2,1-5H3,(H2,25,26,27);1H. The molecule has 0 radical (unpaired) electrons. The van der Waals surface area contributed by atoms with Gasteiger partial charge in [-0.15, -0.1) is 24.0 Å². The highest BCUT2D eigenvalue weighted by Gasteiger charge is 2.21. The van der Waals surface area contributed by atoms with E-state index in [1.807, 2.05) is 24.3 Å². The lowest BCUT2D eigenvalue weighted by Gasteiger charge is -2.14. The molecule has 0 fully saturated rings. The molecule has 0 aromatic heterocycles.